The van der Waals surface area contributed by atoms with E-state index in [1.165, 1.54) is 0 Å². The molecule has 0 aromatic carbocycles. The van der Waals surface area contributed by atoms with E-state index in [2.05, 4.69) is 9.97 Å². The highest BCUT2D eigenvalue weighted by atomic mass is 32.1. The quantitative estimate of drug-likeness (QED) is 0.868. The van der Waals surface area contributed by atoms with Gasteiger partial charge in [-0.05, 0) is 25.0 Å². The summed E-state index contributed by atoms with van der Waals surface area (Å²) in [6.45, 7) is 1.86. The maximum absolute atomic E-state index is 12.0. The Bertz CT molecular complexity index is 576. The predicted molar refractivity (Wildman–Crippen MR) is 79.5 cm³/mol. The summed E-state index contributed by atoms with van der Waals surface area (Å²) in [5, 5.41) is 3.08. The lowest BCUT2D eigenvalue weighted by Gasteiger charge is -2.14. The first-order valence-electron chi connectivity index (χ1n) is 6.95. The molecule has 1 saturated heterocycles. The van der Waals surface area contributed by atoms with Crippen molar-refractivity contribution in [1.29, 1.82) is 0 Å². The highest BCUT2D eigenvalue weighted by Gasteiger charge is 2.17. The zero-order valence-electron chi connectivity index (χ0n) is 11.3. The monoisotopic (exact) mass is 287 g/mol. The van der Waals surface area contributed by atoms with Gasteiger partial charge in [-0.15, -0.1) is 11.3 Å². The van der Waals surface area contributed by atoms with Crippen LogP contribution in [0, 0.1) is 0 Å². The van der Waals surface area contributed by atoms with Crippen LogP contribution in [-0.4, -0.2) is 33.9 Å². The molecule has 1 amide bonds. The first kappa shape index (κ1) is 13.2. The molecule has 1 aliphatic rings. The molecule has 0 bridgehead atoms. The normalized spacial score (nSPS) is 14.7. The van der Waals surface area contributed by atoms with E-state index in [1.54, 1.807) is 23.7 Å². The molecule has 0 spiro atoms. The number of aromatic nitrogens is 2. The largest absolute Gasteiger partial charge is 0.343 e. The van der Waals surface area contributed by atoms with Gasteiger partial charge in [-0.25, -0.2) is 4.98 Å². The molecule has 0 saturated carbocycles. The second-order valence-corrected chi connectivity index (χ2v) is 5.89. The van der Waals surface area contributed by atoms with E-state index in [0.717, 1.165) is 48.6 Å². The Labute approximate surface area is 122 Å². The number of carbonyl (C=O) groups is 1. The van der Waals surface area contributed by atoms with Gasteiger partial charge in [-0.1, -0.05) is 0 Å². The highest BCUT2D eigenvalue weighted by Crippen LogP contribution is 2.22. The Morgan fingerprint density at radius 3 is 2.75 bits per heavy atom. The molecule has 3 rings (SSSR count). The fourth-order valence-corrected chi connectivity index (χ4v) is 3.23. The van der Waals surface area contributed by atoms with Crippen molar-refractivity contribution in [2.45, 2.75) is 25.7 Å². The molecule has 0 N–H and O–H groups in total. The van der Waals surface area contributed by atoms with Gasteiger partial charge in [0.2, 0.25) is 5.91 Å². The van der Waals surface area contributed by atoms with Gasteiger partial charge in [0.15, 0.2) is 0 Å². The molecule has 0 unspecified atom stereocenters. The number of aryl methyl sites for hydroxylation is 1. The lowest BCUT2D eigenvalue weighted by molar-refractivity contribution is -0.130. The average Bonchev–Trinajstić information content (AvgIpc) is 3.17. The zero-order chi connectivity index (χ0) is 13.8. The van der Waals surface area contributed by atoms with Crippen molar-refractivity contribution in [3.63, 3.8) is 0 Å². The van der Waals surface area contributed by atoms with Gasteiger partial charge < -0.3 is 4.90 Å². The van der Waals surface area contributed by atoms with Crippen LogP contribution in [0.3, 0.4) is 0 Å². The van der Waals surface area contributed by atoms with Gasteiger partial charge >= 0.3 is 0 Å². The maximum Gasteiger partial charge on any atom is 0.222 e. The summed E-state index contributed by atoms with van der Waals surface area (Å²) >= 11 is 1.63. The molecular formula is C15H17N3OS. The van der Waals surface area contributed by atoms with E-state index in [-0.39, 0.29) is 5.91 Å². The molecule has 20 heavy (non-hydrogen) atoms. The number of likely N-dealkylation sites (tertiary alicyclic amines) is 1. The first-order valence-corrected chi connectivity index (χ1v) is 7.83. The van der Waals surface area contributed by atoms with Crippen molar-refractivity contribution in [3.05, 3.63) is 34.9 Å². The summed E-state index contributed by atoms with van der Waals surface area (Å²) in [5.41, 5.74) is 2.05. The summed E-state index contributed by atoms with van der Waals surface area (Å²) in [6.07, 6.45) is 7.15. The van der Waals surface area contributed by atoms with Crippen LogP contribution in [-0.2, 0) is 11.2 Å². The number of thiazole rings is 1. The van der Waals surface area contributed by atoms with Crippen molar-refractivity contribution < 1.29 is 4.79 Å². The molecule has 2 aromatic rings. The number of amides is 1. The van der Waals surface area contributed by atoms with E-state index < -0.39 is 0 Å². The van der Waals surface area contributed by atoms with E-state index in [1.807, 2.05) is 22.4 Å². The van der Waals surface area contributed by atoms with Crippen molar-refractivity contribution in [1.82, 2.24) is 14.9 Å². The molecule has 104 valence electrons. The third-order valence-electron chi connectivity index (χ3n) is 3.54. The van der Waals surface area contributed by atoms with Crippen LogP contribution in [0.25, 0.3) is 11.3 Å². The minimum absolute atomic E-state index is 0.267. The number of hydrogen-bond acceptors (Lipinski definition) is 4. The number of carbonyl (C=O) groups excluding carboxylic acids is 1. The van der Waals surface area contributed by atoms with Crippen LogP contribution >= 0.6 is 11.3 Å². The molecule has 0 atom stereocenters. The van der Waals surface area contributed by atoms with Gasteiger partial charge in [-0.2, -0.15) is 0 Å². The maximum atomic E-state index is 12.0. The molecule has 0 aliphatic carbocycles. The van der Waals surface area contributed by atoms with Crippen LogP contribution in [0.15, 0.2) is 29.9 Å². The number of nitrogens with zero attached hydrogens (tertiary/aromatic N) is 3. The number of pyridine rings is 1. The van der Waals surface area contributed by atoms with Crippen LogP contribution in [0.2, 0.25) is 0 Å². The smallest absolute Gasteiger partial charge is 0.222 e. The Hall–Kier alpha value is -1.75. The standard InChI is InChI=1S/C15H17N3OS/c19-15(18-9-1-2-10-18)4-3-14-17-13(11-20-14)12-5-7-16-8-6-12/h5-8,11H,1-4,9-10H2. The first-order chi connectivity index (χ1) is 9.83. The van der Waals surface area contributed by atoms with Crippen LogP contribution in [0.5, 0.6) is 0 Å². The van der Waals surface area contributed by atoms with Crippen LogP contribution in [0.4, 0.5) is 0 Å². The van der Waals surface area contributed by atoms with Gasteiger partial charge in [0, 0.05) is 49.3 Å². The molecule has 1 aliphatic heterocycles. The number of hydrogen-bond donors (Lipinski definition) is 0. The predicted octanol–water partition coefficient (Wildman–Crippen LogP) is 2.76. The Morgan fingerprint density at radius 1 is 1.25 bits per heavy atom. The van der Waals surface area contributed by atoms with Crippen molar-refractivity contribution in [2.24, 2.45) is 0 Å². The molecular weight excluding hydrogens is 270 g/mol. The fraction of sp³-hybridized carbons (Fsp3) is 0.400. The second-order valence-electron chi connectivity index (χ2n) is 4.95. The van der Waals surface area contributed by atoms with E-state index in [4.69, 9.17) is 0 Å². The summed E-state index contributed by atoms with van der Waals surface area (Å²) in [5.74, 6) is 0.267. The summed E-state index contributed by atoms with van der Waals surface area (Å²) in [4.78, 5) is 22.6. The molecule has 3 heterocycles. The van der Waals surface area contributed by atoms with Gasteiger partial charge in [0.25, 0.3) is 0 Å². The van der Waals surface area contributed by atoms with Gasteiger partial charge in [-0.3, -0.25) is 9.78 Å². The minimum Gasteiger partial charge on any atom is -0.343 e. The molecule has 5 heteroatoms. The second kappa shape index (κ2) is 6.13. The van der Waals surface area contributed by atoms with E-state index >= 15 is 0 Å². The lowest BCUT2D eigenvalue weighted by atomic mass is 10.2. The Balaban J connectivity index is 1.59. The van der Waals surface area contributed by atoms with Crippen molar-refractivity contribution in [3.8, 4) is 11.3 Å². The summed E-state index contributed by atoms with van der Waals surface area (Å²) in [6, 6.07) is 3.91. The fourth-order valence-electron chi connectivity index (χ4n) is 2.42. The zero-order valence-corrected chi connectivity index (χ0v) is 12.1. The molecule has 4 nitrogen and oxygen atoms in total. The third-order valence-corrected chi connectivity index (χ3v) is 4.45. The highest BCUT2D eigenvalue weighted by molar-refractivity contribution is 7.09. The topological polar surface area (TPSA) is 46.1 Å². The van der Waals surface area contributed by atoms with E-state index in [9.17, 15) is 4.79 Å². The third kappa shape index (κ3) is 3.04. The van der Waals surface area contributed by atoms with Crippen LogP contribution in [0.1, 0.15) is 24.3 Å². The van der Waals surface area contributed by atoms with E-state index in [0.29, 0.717) is 6.42 Å². The van der Waals surface area contributed by atoms with Crippen LogP contribution < -0.4 is 0 Å². The molecule has 2 aromatic heterocycles. The van der Waals surface area contributed by atoms with Crippen molar-refractivity contribution in [2.75, 3.05) is 13.1 Å². The average molecular weight is 287 g/mol. The Kier molecular flexibility index (Phi) is 4.06. The Morgan fingerprint density at radius 2 is 2.00 bits per heavy atom. The SMILES string of the molecule is O=C(CCc1nc(-c2ccncc2)cs1)N1CCCC1. The summed E-state index contributed by atoms with van der Waals surface area (Å²) < 4.78 is 0. The van der Waals surface area contributed by atoms with Gasteiger partial charge in [0.05, 0.1) is 10.7 Å². The van der Waals surface area contributed by atoms with Gasteiger partial charge in [0.1, 0.15) is 0 Å². The minimum atomic E-state index is 0.267. The number of rotatable bonds is 4. The summed E-state index contributed by atoms with van der Waals surface area (Å²) in [7, 11) is 0. The molecule has 1 fully saturated rings. The van der Waals surface area contributed by atoms with Crippen molar-refractivity contribution >= 4 is 17.2 Å². The lowest BCUT2D eigenvalue weighted by Crippen LogP contribution is -2.27. The molecule has 0 radical (unpaired) electrons.